The van der Waals surface area contributed by atoms with Crippen LogP contribution < -0.4 is 9.80 Å². The Kier molecular flexibility index (Phi) is 17.0. The molecule has 2 nitrogen and oxygen atoms in total. The zero-order chi connectivity index (χ0) is 56.0. The average molecular weight is 1060 g/mol. The van der Waals surface area contributed by atoms with Gasteiger partial charge in [-0.2, -0.15) is 0 Å². The van der Waals surface area contributed by atoms with E-state index in [0.717, 1.165) is 69.0 Å². The highest BCUT2D eigenvalue weighted by molar-refractivity contribution is 5.93. The monoisotopic (exact) mass is 1060 g/mol. The minimum absolute atomic E-state index is 0.930. The number of anilines is 6. The summed E-state index contributed by atoms with van der Waals surface area (Å²) in [6.45, 7) is 8.93. The van der Waals surface area contributed by atoms with Crippen molar-refractivity contribution in [3.05, 3.63) is 357 Å². The largest absolute Gasteiger partial charge is 0.310 e. The Balaban J connectivity index is 0.840. The maximum absolute atomic E-state index is 2.42. The van der Waals surface area contributed by atoms with Crippen LogP contribution in [0.2, 0.25) is 0 Å². The number of nitrogens with zero attached hydrogens (tertiary/aromatic N) is 2. The molecule has 11 rings (SSSR count). The van der Waals surface area contributed by atoms with Gasteiger partial charge in [0, 0.05) is 22.7 Å². The maximum atomic E-state index is 2.42. The van der Waals surface area contributed by atoms with Crippen molar-refractivity contribution in [1.82, 2.24) is 0 Å². The standard InChI is InChI=1S/C80H68N2/c1-5-65-35-21-23-59(3)79(65)81(75-53-43-63(44-54-75)57-77(69-27-11-7-12-28-69)70-29-13-8-14-30-70)73-49-39-61(40-50-73)37-47-67-25-19-20-26-68(67)48-38-62-41-51-74(52-42-62)82(80-60(4)24-22-36-66(80)6-2)76-55-45-64(46-56-76)58-78(71-31-15-9-16-32-71)72-33-17-10-18-34-72/h7-58H,5-6H2,1-4H3/b47-37+,48-38+. The number of para-hydroxylation sites is 2. The number of hydrogen-bond donors (Lipinski definition) is 0. The summed E-state index contributed by atoms with van der Waals surface area (Å²) >= 11 is 0. The third-order valence-electron chi connectivity index (χ3n) is 15.3. The van der Waals surface area contributed by atoms with Gasteiger partial charge >= 0.3 is 0 Å². The summed E-state index contributed by atoms with van der Waals surface area (Å²) in [6, 6.07) is 100. The Bertz CT molecular complexity index is 3650. The highest BCUT2D eigenvalue weighted by Crippen LogP contribution is 2.42. The second kappa shape index (κ2) is 25.8. The molecule has 0 heterocycles. The molecule has 0 aromatic heterocycles. The van der Waals surface area contributed by atoms with Crippen LogP contribution >= 0.6 is 0 Å². The zero-order valence-corrected chi connectivity index (χ0v) is 47.3. The van der Waals surface area contributed by atoms with Gasteiger partial charge in [-0.1, -0.05) is 269 Å². The van der Waals surface area contributed by atoms with Crippen LogP contribution in [0.15, 0.2) is 279 Å². The Morgan fingerprint density at radius 1 is 0.280 bits per heavy atom. The Labute approximate surface area is 486 Å². The summed E-state index contributed by atoms with van der Waals surface area (Å²) in [4.78, 5) is 4.84. The Morgan fingerprint density at radius 3 is 0.854 bits per heavy atom. The fourth-order valence-corrected chi connectivity index (χ4v) is 11.0. The van der Waals surface area contributed by atoms with E-state index >= 15 is 0 Å². The first-order valence-electron chi connectivity index (χ1n) is 28.7. The van der Waals surface area contributed by atoms with E-state index in [1.165, 1.54) is 67.0 Å². The smallest absolute Gasteiger partial charge is 0.0522 e. The van der Waals surface area contributed by atoms with Gasteiger partial charge in [0.1, 0.15) is 0 Å². The minimum atomic E-state index is 0.930. The van der Waals surface area contributed by atoms with E-state index in [2.05, 4.69) is 353 Å². The van der Waals surface area contributed by atoms with Gasteiger partial charge in [-0.3, -0.25) is 0 Å². The number of hydrogen-bond acceptors (Lipinski definition) is 2. The first kappa shape index (κ1) is 54.0. The predicted molar refractivity (Wildman–Crippen MR) is 354 cm³/mol. The van der Waals surface area contributed by atoms with Crippen LogP contribution in [0.4, 0.5) is 34.1 Å². The second-order valence-electron chi connectivity index (χ2n) is 20.8. The molecule has 0 aliphatic rings. The second-order valence-corrected chi connectivity index (χ2v) is 20.8. The molecule has 398 valence electrons. The molecule has 0 aliphatic carbocycles. The molecule has 0 saturated heterocycles. The fraction of sp³-hybridized carbons (Fsp3) is 0.0750. The summed E-state index contributed by atoms with van der Waals surface area (Å²) in [5.41, 5.74) is 26.1. The molecule has 0 radical (unpaired) electrons. The van der Waals surface area contributed by atoms with Crippen LogP contribution in [-0.4, -0.2) is 0 Å². The molecule has 0 amide bonds. The van der Waals surface area contributed by atoms with Gasteiger partial charge < -0.3 is 9.80 Å². The lowest BCUT2D eigenvalue weighted by atomic mass is 9.95. The number of benzene rings is 11. The molecule has 11 aromatic carbocycles. The summed E-state index contributed by atoms with van der Waals surface area (Å²) in [7, 11) is 0. The molecule has 2 heteroatoms. The van der Waals surface area contributed by atoms with Crippen LogP contribution in [0.3, 0.4) is 0 Å². The summed E-state index contributed by atoms with van der Waals surface area (Å²) < 4.78 is 0. The molecule has 0 atom stereocenters. The van der Waals surface area contributed by atoms with E-state index in [0.29, 0.717) is 0 Å². The SMILES string of the molecule is CCc1cccc(C)c1N(c1ccc(C=C(c2ccccc2)c2ccccc2)cc1)c1ccc(/C=C/c2ccccc2/C=C/c2ccc(N(c3ccc(C=C(c4ccccc4)c4ccccc4)cc3)c3c(C)cccc3CC)cc2)cc1. The van der Waals surface area contributed by atoms with Crippen molar-refractivity contribution in [3.8, 4) is 0 Å². The molecule has 11 aromatic rings. The lowest BCUT2D eigenvalue weighted by Crippen LogP contribution is -2.13. The van der Waals surface area contributed by atoms with Gasteiger partial charge in [-0.05, 0) is 176 Å². The van der Waals surface area contributed by atoms with Crippen molar-refractivity contribution >= 4 is 81.7 Å². The molecule has 82 heavy (non-hydrogen) atoms. The average Bonchev–Trinajstić information content (AvgIpc) is 3.51. The van der Waals surface area contributed by atoms with E-state index < -0.39 is 0 Å². The number of aryl methyl sites for hydroxylation is 4. The van der Waals surface area contributed by atoms with Crippen LogP contribution in [0.25, 0.3) is 47.6 Å². The molecule has 0 fully saturated rings. The third-order valence-corrected chi connectivity index (χ3v) is 15.3. The molecular weight excluding hydrogens is 989 g/mol. The zero-order valence-electron chi connectivity index (χ0n) is 47.3. The molecule has 0 aliphatic heterocycles. The molecule has 0 unspecified atom stereocenters. The maximum Gasteiger partial charge on any atom is 0.0522 e. The van der Waals surface area contributed by atoms with Gasteiger partial charge in [-0.15, -0.1) is 0 Å². The van der Waals surface area contributed by atoms with Gasteiger partial charge in [0.15, 0.2) is 0 Å². The van der Waals surface area contributed by atoms with Gasteiger partial charge in [0.25, 0.3) is 0 Å². The van der Waals surface area contributed by atoms with Crippen molar-refractivity contribution in [2.24, 2.45) is 0 Å². The van der Waals surface area contributed by atoms with E-state index in [4.69, 9.17) is 0 Å². The molecule has 0 saturated carbocycles. The summed E-state index contributed by atoms with van der Waals surface area (Å²) in [6.07, 6.45) is 15.4. The van der Waals surface area contributed by atoms with Crippen molar-refractivity contribution in [2.75, 3.05) is 9.80 Å². The predicted octanol–water partition coefficient (Wildman–Crippen LogP) is 21.9. The van der Waals surface area contributed by atoms with E-state index in [-0.39, 0.29) is 0 Å². The van der Waals surface area contributed by atoms with Crippen LogP contribution in [0, 0.1) is 13.8 Å². The van der Waals surface area contributed by atoms with Crippen molar-refractivity contribution in [2.45, 2.75) is 40.5 Å². The van der Waals surface area contributed by atoms with Crippen LogP contribution in [0.1, 0.15) is 91.7 Å². The topological polar surface area (TPSA) is 6.48 Å². The first-order chi connectivity index (χ1) is 40.4. The van der Waals surface area contributed by atoms with Gasteiger partial charge in [0.05, 0.1) is 11.4 Å². The van der Waals surface area contributed by atoms with Crippen LogP contribution in [0.5, 0.6) is 0 Å². The normalized spacial score (nSPS) is 11.2. The lowest BCUT2D eigenvalue weighted by molar-refractivity contribution is 1.10. The molecule has 0 spiro atoms. The molecule has 0 bridgehead atoms. The van der Waals surface area contributed by atoms with E-state index in [9.17, 15) is 0 Å². The number of rotatable bonds is 18. The third kappa shape index (κ3) is 12.5. The Morgan fingerprint density at radius 2 is 0.561 bits per heavy atom. The lowest BCUT2D eigenvalue weighted by Gasteiger charge is -2.29. The Hall–Kier alpha value is -10.0. The quantitative estimate of drug-likeness (QED) is 0.0790. The van der Waals surface area contributed by atoms with Gasteiger partial charge in [-0.25, -0.2) is 0 Å². The van der Waals surface area contributed by atoms with Crippen LogP contribution in [-0.2, 0) is 12.8 Å². The highest BCUT2D eigenvalue weighted by Gasteiger charge is 2.20. The van der Waals surface area contributed by atoms with E-state index in [1.54, 1.807) is 0 Å². The molecular formula is C80H68N2. The van der Waals surface area contributed by atoms with E-state index in [1.807, 2.05) is 0 Å². The van der Waals surface area contributed by atoms with Gasteiger partial charge in [0.2, 0.25) is 0 Å². The minimum Gasteiger partial charge on any atom is -0.310 e. The van der Waals surface area contributed by atoms with Crippen molar-refractivity contribution in [3.63, 3.8) is 0 Å². The van der Waals surface area contributed by atoms with Crippen molar-refractivity contribution in [1.29, 1.82) is 0 Å². The highest BCUT2D eigenvalue weighted by atomic mass is 15.2. The van der Waals surface area contributed by atoms with Crippen molar-refractivity contribution < 1.29 is 0 Å². The summed E-state index contributed by atoms with van der Waals surface area (Å²) in [5, 5.41) is 0. The first-order valence-corrected chi connectivity index (χ1v) is 28.7. The fourth-order valence-electron chi connectivity index (χ4n) is 11.0. The summed E-state index contributed by atoms with van der Waals surface area (Å²) in [5.74, 6) is 0. The molecule has 0 N–H and O–H groups in total.